The molecule has 0 bridgehead atoms. The fourth-order valence-corrected chi connectivity index (χ4v) is 2.31. The van der Waals surface area contributed by atoms with E-state index in [1.807, 2.05) is 24.3 Å². The van der Waals surface area contributed by atoms with Crippen molar-refractivity contribution in [3.8, 4) is 0 Å². The highest BCUT2D eigenvalue weighted by atomic mass is 16.4. The van der Waals surface area contributed by atoms with Crippen LogP contribution in [-0.4, -0.2) is 16.2 Å². The molecule has 0 spiro atoms. The van der Waals surface area contributed by atoms with Crippen molar-refractivity contribution in [3.05, 3.63) is 53.6 Å². The van der Waals surface area contributed by atoms with E-state index in [0.717, 1.165) is 16.3 Å². The molecule has 3 rings (SSSR count). The molecule has 0 aliphatic heterocycles. The number of aliphatic carboxylic acids is 1. The number of hydrogen-bond acceptors (Lipinski definition) is 2. The van der Waals surface area contributed by atoms with E-state index in [2.05, 4.69) is 0 Å². The van der Waals surface area contributed by atoms with Crippen LogP contribution in [0.5, 0.6) is 0 Å². The first-order valence-electron chi connectivity index (χ1n) is 5.30. The first kappa shape index (κ1) is 10.1. The van der Waals surface area contributed by atoms with Gasteiger partial charge in [-0.05, 0) is 22.4 Å². The van der Waals surface area contributed by atoms with Gasteiger partial charge in [0.2, 0.25) is 5.60 Å². The summed E-state index contributed by atoms with van der Waals surface area (Å²) in [4.78, 5) is 11.2. The molecule has 17 heavy (non-hydrogen) atoms. The SMILES string of the molecule is O=C(O)C1(O)C=Cc2cccc3cccc1c23. The Bertz CT molecular complexity index is 652. The van der Waals surface area contributed by atoms with Gasteiger partial charge in [-0.25, -0.2) is 4.79 Å². The van der Waals surface area contributed by atoms with E-state index < -0.39 is 11.6 Å². The Labute approximate surface area is 97.6 Å². The van der Waals surface area contributed by atoms with Crippen LogP contribution in [0.15, 0.2) is 42.5 Å². The first-order valence-corrected chi connectivity index (χ1v) is 5.30. The van der Waals surface area contributed by atoms with Gasteiger partial charge in [0.1, 0.15) is 0 Å². The molecule has 0 saturated heterocycles. The van der Waals surface area contributed by atoms with Crippen molar-refractivity contribution < 1.29 is 15.0 Å². The molecule has 1 atom stereocenters. The van der Waals surface area contributed by atoms with E-state index in [9.17, 15) is 15.0 Å². The molecule has 0 amide bonds. The molecule has 84 valence electrons. The molecule has 2 aromatic carbocycles. The lowest BCUT2D eigenvalue weighted by atomic mass is 9.83. The molecule has 0 radical (unpaired) electrons. The molecule has 0 heterocycles. The van der Waals surface area contributed by atoms with Gasteiger partial charge in [0.25, 0.3) is 0 Å². The number of rotatable bonds is 1. The second-order valence-corrected chi connectivity index (χ2v) is 4.16. The van der Waals surface area contributed by atoms with Crippen LogP contribution in [0.1, 0.15) is 11.1 Å². The highest BCUT2D eigenvalue weighted by Gasteiger charge is 2.38. The van der Waals surface area contributed by atoms with Crippen molar-refractivity contribution in [2.24, 2.45) is 0 Å². The maximum Gasteiger partial charge on any atom is 0.344 e. The van der Waals surface area contributed by atoms with Crippen molar-refractivity contribution >= 4 is 22.8 Å². The van der Waals surface area contributed by atoms with Crippen LogP contribution in [0.4, 0.5) is 0 Å². The summed E-state index contributed by atoms with van der Waals surface area (Å²) in [6, 6.07) is 11.0. The van der Waals surface area contributed by atoms with Crippen molar-refractivity contribution in [2.75, 3.05) is 0 Å². The fraction of sp³-hybridized carbons (Fsp3) is 0.0714. The molecule has 2 aromatic rings. The highest BCUT2D eigenvalue weighted by Crippen LogP contribution is 2.37. The predicted molar refractivity (Wildman–Crippen MR) is 64.5 cm³/mol. The minimum atomic E-state index is -1.92. The van der Waals surface area contributed by atoms with Crippen molar-refractivity contribution in [1.82, 2.24) is 0 Å². The zero-order valence-corrected chi connectivity index (χ0v) is 8.92. The molecule has 0 fully saturated rings. The van der Waals surface area contributed by atoms with Gasteiger partial charge in [0.05, 0.1) is 0 Å². The zero-order valence-electron chi connectivity index (χ0n) is 8.92. The van der Waals surface area contributed by atoms with Gasteiger partial charge in [0.15, 0.2) is 0 Å². The number of benzene rings is 2. The monoisotopic (exact) mass is 226 g/mol. The summed E-state index contributed by atoms with van der Waals surface area (Å²) < 4.78 is 0. The van der Waals surface area contributed by atoms with Crippen LogP contribution in [0.2, 0.25) is 0 Å². The minimum absolute atomic E-state index is 0.431. The average Bonchev–Trinajstić information content (AvgIpc) is 2.34. The molecule has 3 heteroatoms. The summed E-state index contributed by atoms with van der Waals surface area (Å²) in [6.45, 7) is 0. The number of carboxylic acid groups (broad SMARTS) is 1. The summed E-state index contributed by atoms with van der Waals surface area (Å²) >= 11 is 0. The maximum atomic E-state index is 11.2. The Morgan fingerprint density at radius 2 is 1.82 bits per heavy atom. The lowest BCUT2D eigenvalue weighted by Crippen LogP contribution is -2.34. The third kappa shape index (κ3) is 1.23. The van der Waals surface area contributed by atoms with E-state index in [1.54, 1.807) is 18.2 Å². The van der Waals surface area contributed by atoms with E-state index in [-0.39, 0.29) is 0 Å². The van der Waals surface area contributed by atoms with E-state index in [4.69, 9.17) is 0 Å². The Hall–Kier alpha value is -2.13. The number of hydrogen-bond donors (Lipinski definition) is 2. The summed E-state index contributed by atoms with van der Waals surface area (Å²) in [6.07, 6.45) is 2.98. The molecule has 1 aliphatic carbocycles. The molecular formula is C14H10O3. The molecule has 3 nitrogen and oxygen atoms in total. The molecule has 2 N–H and O–H groups in total. The normalized spacial score (nSPS) is 21.7. The number of carbonyl (C=O) groups is 1. The van der Waals surface area contributed by atoms with Crippen LogP contribution in [0, 0.1) is 0 Å². The average molecular weight is 226 g/mol. The van der Waals surface area contributed by atoms with Crippen LogP contribution in [-0.2, 0) is 10.4 Å². The predicted octanol–water partition coefficient (Wildman–Crippen LogP) is 2.14. The molecule has 1 aliphatic rings. The molecular weight excluding hydrogens is 216 g/mol. The van der Waals surface area contributed by atoms with Crippen molar-refractivity contribution in [2.45, 2.75) is 5.60 Å². The summed E-state index contributed by atoms with van der Waals surface area (Å²) in [5.41, 5.74) is -0.557. The lowest BCUT2D eigenvalue weighted by molar-refractivity contribution is -0.154. The largest absolute Gasteiger partial charge is 0.479 e. The second-order valence-electron chi connectivity index (χ2n) is 4.16. The minimum Gasteiger partial charge on any atom is -0.479 e. The van der Waals surface area contributed by atoms with Crippen LogP contribution < -0.4 is 0 Å². The van der Waals surface area contributed by atoms with Gasteiger partial charge in [0, 0.05) is 5.56 Å². The Morgan fingerprint density at radius 3 is 2.53 bits per heavy atom. The van der Waals surface area contributed by atoms with Crippen molar-refractivity contribution in [3.63, 3.8) is 0 Å². The van der Waals surface area contributed by atoms with Crippen molar-refractivity contribution in [1.29, 1.82) is 0 Å². The molecule has 0 saturated carbocycles. The standard InChI is InChI=1S/C14H10O3/c15-13(16)14(17)8-7-10-4-1-3-9-5-2-6-11(14)12(9)10/h1-8,17H,(H,15,16). The van der Waals surface area contributed by atoms with E-state index in [1.165, 1.54) is 6.08 Å². The quantitative estimate of drug-likeness (QED) is 0.783. The Kier molecular flexibility index (Phi) is 1.88. The third-order valence-corrected chi connectivity index (χ3v) is 3.18. The van der Waals surface area contributed by atoms with Gasteiger partial charge >= 0.3 is 5.97 Å². The van der Waals surface area contributed by atoms with Crippen LogP contribution in [0.25, 0.3) is 16.8 Å². The summed E-state index contributed by atoms with van der Waals surface area (Å²) in [5, 5.41) is 21.1. The maximum absolute atomic E-state index is 11.2. The van der Waals surface area contributed by atoms with Gasteiger partial charge < -0.3 is 10.2 Å². The second kappa shape index (κ2) is 3.18. The topological polar surface area (TPSA) is 57.5 Å². The van der Waals surface area contributed by atoms with Crippen LogP contribution in [0.3, 0.4) is 0 Å². The Balaban J connectivity index is 2.46. The summed E-state index contributed by atoms with van der Waals surface area (Å²) in [7, 11) is 0. The number of aliphatic hydroxyl groups is 1. The van der Waals surface area contributed by atoms with Gasteiger partial charge in [-0.2, -0.15) is 0 Å². The Morgan fingerprint density at radius 1 is 1.12 bits per heavy atom. The van der Waals surface area contributed by atoms with Gasteiger partial charge in [-0.1, -0.05) is 42.5 Å². The number of carboxylic acids is 1. The fourth-order valence-electron chi connectivity index (χ4n) is 2.31. The van der Waals surface area contributed by atoms with Crippen LogP contribution >= 0.6 is 0 Å². The van der Waals surface area contributed by atoms with Gasteiger partial charge in [-0.3, -0.25) is 0 Å². The smallest absolute Gasteiger partial charge is 0.344 e. The molecule has 0 aromatic heterocycles. The zero-order chi connectivity index (χ0) is 12.0. The van der Waals surface area contributed by atoms with E-state index in [0.29, 0.717) is 5.56 Å². The third-order valence-electron chi connectivity index (χ3n) is 3.18. The van der Waals surface area contributed by atoms with E-state index >= 15 is 0 Å². The summed E-state index contributed by atoms with van der Waals surface area (Å²) in [5.74, 6) is -1.25. The first-order chi connectivity index (χ1) is 8.13. The lowest BCUT2D eigenvalue weighted by Gasteiger charge is -2.26. The molecule has 1 unspecified atom stereocenters. The van der Waals surface area contributed by atoms with Gasteiger partial charge in [-0.15, -0.1) is 0 Å². The highest BCUT2D eigenvalue weighted by molar-refractivity contribution is 6.01.